The Labute approximate surface area is 124 Å². The molecule has 0 radical (unpaired) electrons. The van der Waals surface area contributed by atoms with E-state index in [1.807, 2.05) is 0 Å². The van der Waals surface area contributed by atoms with Crippen LogP contribution in [-0.4, -0.2) is 48.6 Å². The molecule has 21 heavy (non-hydrogen) atoms. The van der Waals surface area contributed by atoms with Gasteiger partial charge in [0.1, 0.15) is 0 Å². The molecular formula is C16H23F2N3. The lowest BCUT2D eigenvalue weighted by atomic mass is 10.1. The number of fused-ring (bicyclic) bond motifs is 1. The minimum atomic E-state index is -0.819. The van der Waals surface area contributed by atoms with Crippen molar-refractivity contribution in [1.29, 1.82) is 0 Å². The van der Waals surface area contributed by atoms with E-state index < -0.39 is 17.7 Å². The molecule has 0 aromatic heterocycles. The molecule has 0 saturated carbocycles. The Morgan fingerprint density at radius 1 is 1.19 bits per heavy atom. The summed E-state index contributed by atoms with van der Waals surface area (Å²) in [6, 6.07) is 4.37. The Kier molecular flexibility index (Phi) is 4.52. The number of nitrogens with zero attached hydrogens (tertiary/aromatic N) is 2. The van der Waals surface area contributed by atoms with E-state index in [4.69, 9.17) is 5.73 Å². The van der Waals surface area contributed by atoms with Gasteiger partial charge in [-0.3, -0.25) is 9.80 Å². The Hall–Kier alpha value is -1.04. The maximum Gasteiger partial charge on any atom is 0.163 e. The molecule has 3 rings (SSSR count). The number of halogens is 2. The fourth-order valence-corrected chi connectivity index (χ4v) is 3.63. The molecule has 5 heteroatoms. The number of hydrogen-bond donors (Lipinski definition) is 1. The first-order valence-corrected chi connectivity index (χ1v) is 7.81. The predicted molar refractivity (Wildman–Crippen MR) is 78.9 cm³/mol. The van der Waals surface area contributed by atoms with Gasteiger partial charge in [0.25, 0.3) is 0 Å². The highest BCUT2D eigenvalue weighted by atomic mass is 19.2. The molecule has 2 unspecified atom stereocenters. The Bertz CT molecular complexity index is 494. The smallest absolute Gasteiger partial charge is 0.163 e. The van der Waals surface area contributed by atoms with Crippen LogP contribution in [0.25, 0.3) is 0 Å². The maximum atomic E-state index is 13.8. The monoisotopic (exact) mass is 295 g/mol. The van der Waals surface area contributed by atoms with Gasteiger partial charge in [-0.25, -0.2) is 8.78 Å². The van der Waals surface area contributed by atoms with Gasteiger partial charge < -0.3 is 5.73 Å². The average Bonchev–Trinajstić information content (AvgIpc) is 2.80. The molecule has 1 aromatic rings. The van der Waals surface area contributed by atoms with Crippen molar-refractivity contribution in [1.82, 2.24) is 9.80 Å². The van der Waals surface area contributed by atoms with Crippen LogP contribution < -0.4 is 5.73 Å². The lowest BCUT2D eigenvalue weighted by Gasteiger charge is -2.28. The molecule has 2 aliphatic rings. The zero-order valence-corrected chi connectivity index (χ0v) is 12.3. The Morgan fingerprint density at radius 2 is 2.00 bits per heavy atom. The quantitative estimate of drug-likeness (QED) is 0.927. The normalized spacial score (nSPS) is 25.6. The second-order valence-corrected chi connectivity index (χ2v) is 6.19. The number of hydrogen-bond acceptors (Lipinski definition) is 3. The van der Waals surface area contributed by atoms with Gasteiger partial charge in [-0.15, -0.1) is 0 Å². The van der Waals surface area contributed by atoms with Crippen LogP contribution in [0.5, 0.6) is 0 Å². The lowest BCUT2D eigenvalue weighted by molar-refractivity contribution is 0.212. The lowest BCUT2D eigenvalue weighted by Crippen LogP contribution is -2.39. The highest BCUT2D eigenvalue weighted by Crippen LogP contribution is 2.23. The topological polar surface area (TPSA) is 32.5 Å². The highest BCUT2D eigenvalue weighted by molar-refractivity contribution is 5.22. The van der Waals surface area contributed by atoms with E-state index in [0.29, 0.717) is 12.6 Å². The molecule has 3 nitrogen and oxygen atoms in total. The van der Waals surface area contributed by atoms with E-state index >= 15 is 0 Å². The van der Waals surface area contributed by atoms with E-state index in [-0.39, 0.29) is 5.56 Å². The third kappa shape index (κ3) is 3.25. The van der Waals surface area contributed by atoms with Gasteiger partial charge in [-0.1, -0.05) is 12.1 Å². The van der Waals surface area contributed by atoms with E-state index in [2.05, 4.69) is 9.80 Å². The van der Waals surface area contributed by atoms with Crippen LogP contribution in [0.3, 0.4) is 0 Å². The first-order chi connectivity index (χ1) is 10.1. The summed E-state index contributed by atoms with van der Waals surface area (Å²) in [5.41, 5.74) is 6.40. The average molecular weight is 295 g/mol. The summed E-state index contributed by atoms with van der Waals surface area (Å²) in [6.07, 6.45) is 3.62. The minimum Gasteiger partial charge on any atom is -0.323 e. The molecule has 0 amide bonds. The molecule has 1 aromatic carbocycles. The first-order valence-electron chi connectivity index (χ1n) is 7.81. The molecule has 2 aliphatic heterocycles. The van der Waals surface area contributed by atoms with Crippen molar-refractivity contribution in [2.45, 2.75) is 31.3 Å². The van der Waals surface area contributed by atoms with Gasteiger partial charge in [0, 0.05) is 30.7 Å². The summed E-state index contributed by atoms with van der Waals surface area (Å²) in [4.78, 5) is 4.86. The number of rotatable bonds is 3. The molecule has 0 spiro atoms. The zero-order chi connectivity index (χ0) is 14.8. The van der Waals surface area contributed by atoms with Crippen molar-refractivity contribution in [3.63, 3.8) is 0 Å². The molecule has 2 fully saturated rings. The largest absolute Gasteiger partial charge is 0.323 e. The fraction of sp³-hybridized carbons (Fsp3) is 0.625. The molecule has 2 saturated heterocycles. The van der Waals surface area contributed by atoms with Gasteiger partial charge in [0.2, 0.25) is 0 Å². The molecule has 0 bridgehead atoms. The van der Waals surface area contributed by atoms with Crippen LogP contribution >= 0.6 is 0 Å². The van der Waals surface area contributed by atoms with Crippen LogP contribution in [0.4, 0.5) is 8.78 Å². The summed E-state index contributed by atoms with van der Waals surface area (Å²) in [5.74, 6) is -1.62. The van der Waals surface area contributed by atoms with E-state index in [1.165, 1.54) is 25.5 Å². The van der Waals surface area contributed by atoms with Gasteiger partial charge in [-0.2, -0.15) is 0 Å². The summed E-state index contributed by atoms with van der Waals surface area (Å²) in [5, 5.41) is 0. The van der Waals surface area contributed by atoms with Crippen molar-refractivity contribution in [2.24, 2.45) is 5.73 Å². The Morgan fingerprint density at radius 3 is 2.86 bits per heavy atom. The SMILES string of the molecule is NC(CN1CCCN2CCCC2C1)c1cccc(F)c1F. The maximum absolute atomic E-state index is 13.8. The van der Waals surface area contributed by atoms with Crippen molar-refractivity contribution >= 4 is 0 Å². The van der Waals surface area contributed by atoms with Crippen LogP contribution in [0, 0.1) is 11.6 Å². The standard InChI is InChI=1S/C16H23F2N3/c17-14-6-1-5-13(16(14)18)15(19)11-20-7-3-9-21-8-2-4-12(21)10-20/h1,5-6,12,15H,2-4,7-11,19H2. The third-order valence-electron chi connectivity index (χ3n) is 4.72. The minimum absolute atomic E-state index is 0.280. The zero-order valence-electron chi connectivity index (χ0n) is 12.3. The van der Waals surface area contributed by atoms with Crippen LogP contribution in [0.1, 0.15) is 30.9 Å². The number of nitrogens with two attached hydrogens (primary N) is 1. The molecule has 2 heterocycles. The van der Waals surface area contributed by atoms with Gasteiger partial charge >= 0.3 is 0 Å². The first kappa shape index (κ1) is 14.9. The second-order valence-electron chi connectivity index (χ2n) is 6.19. The summed E-state index contributed by atoms with van der Waals surface area (Å²) < 4.78 is 27.1. The van der Waals surface area contributed by atoms with E-state index in [1.54, 1.807) is 6.07 Å². The highest BCUT2D eigenvalue weighted by Gasteiger charge is 2.29. The van der Waals surface area contributed by atoms with Crippen molar-refractivity contribution < 1.29 is 8.78 Å². The van der Waals surface area contributed by atoms with Crippen molar-refractivity contribution in [3.8, 4) is 0 Å². The van der Waals surface area contributed by atoms with Gasteiger partial charge in [-0.05, 0) is 45.0 Å². The summed E-state index contributed by atoms with van der Waals surface area (Å²) in [7, 11) is 0. The van der Waals surface area contributed by atoms with Crippen LogP contribution in [-0.2, 0) is 0 Å². The second kappa shape index (κ2) is 6.38. The van der Waals surface area contributed by atoms with Gasteiger partial charge in [0.15, 0.2) is 11.6 Å². The van der Waals surface area contributed by atoms with Crippen molar-refractivity contribution in [3.05, 3.63) is 35.4 Å². The summed E-state index contributed by atoms with van der Waals surface area (Å²) in [6.45, 7) is 4.90. The Balaban J connectivity index is 1.66. The van der Waals surface area contributed by atoms with E-state index in [0.717, 1.165) is 32.1 Å². The van der Waals surface area contributed by atoms with Crippen molar-refractivity contribution in [2.75, 3.05) is 32.7 Å². The van der Waals surface area contributed by atoms with E-state index in [9.17, 15) is 8.78 Å². The fourth-order valence-electron chi connectivity index (χ4n) is 3.63. The predicted octanol–water partition coefficient (Wildman–Crippen LogP) is 2.13. The summed E-state index contributed by atoms with van der Waals surface area (Å²) >= 11 is 0. The molecular weight excluding hydrogens is 272 g/mol. The third-order valence-corrected chi connectivity index (χ3v) is 4.72. The van der Waals surface area contributed by atoms with Crippen LogP contribution in [0.2, 0.25) is 0 Å². The van der Waals surface area contributed by atoms with Gasteiger partial charge in [0.05, 0.1) is 0 Å². The molecule has 116 valence electrons. The number of benzene rings is 1. The molecule has 0 aliphatic carbocycles. The molecule has 2 N–H and O–H groups in total. The molecule has 2 atom stereocenters. The van der Waals surface area contributed by atoms with Crippen LogP contribution in [0.15, 0.2) is 18.2 Å².